The van der Waals surface area contributed by atoms with Crippen molar-refractivity contribution in [2.45, 2.75) is 26.4 Å². The van der Waals surface area contributed by atoms with Gasteiger partial charge in [0.25, 0.3) is 5.91 Å². The maximum absolute atomic E-state index is 12.4. The summed E-state index contributed by atoms with van der Waals surface area (Å²) in [5.41, 5.74) is 1.97. The van der Waals surface area contributed by atoms with Crippen molar-refractivity contribution in [1.82, 2.24) is 9.97 Å². The van der Waals surface area contributed by atoms with E-state index in [1.165, 1.54) is 11.8 Å². The van der Waals surface area contributed by atoms with Crippen molar-refractivity contribution in [2.75, 3.05) is 10.2 Å². The molecular formula is C21H21ClN4O. The van der Waals surface area contributed by atoms with Crippen LogP contribution in [0.1, 0.15) is 29.9 Å². The molecule has 0 aliphatic rings. The third-order valence-corrected chi connectivity index (χ3v) is 4.44. The molecular weight excluding hydrogens is 360 g/mol. The number of carbonyl (C=O) groups is 1. The van der Waals surface area contributed by atoms with Crippen LogP contribution in [0.25, 0.3) is 0 Å². The largest absolute Gasteiger partial charge is 0.349 e. The van der Waals surface area contributed by atoms with Crippen molar-refractivity contribution in [3.8, 4) is 0 Å². The van der Waals surface area contributed by atoms with Gasteiger partial charge in [0, 0.05) is 12.6 Å². The molecule has 0 bridgehead atoms. The van der Waals surface area contributed by atoms with Crippen LogP contribution in [0.2, 0.25) is 5.02 Å². The number of rotatable bonds is 6. The van der Waals surface area contributed by atoms with Gasteiger partial charge in [-0.2, -0.15) is 0 Å². The summed E-state index contributed by atoms with van der Waals surface area (Å²) in [6.07, 6.45) is 3.12. The number of carbonyl (C=O) groups excluding carboxylic acids is 1. The number of hydrogen-bond donors (Lipinski definition) is 1. The van der Waals surface area contributed by atoms with Crippen molar-refractivity contribution in [3.63, 3.8) is 0 Å². The van der Waals surface area contributed by atoms with E-state index in [0.29, 0.717) is 10.7 Å². The minimum atomic E-state index is -0.346. The van der Waals surface area contributed by atoms with Gasteiger partial charge in [-0.15, -0.1) is 0 Å². The van der Waals surface area contributed by atoms with Crippen LogP contribution in [0.5, 0.6) is 0 Å². The van der Waals surface area contributed by atoms with E-state index >= 15 is 0 Å². The average Bonchev–Trinajstić information content (AvgIpc) is 2.68. The highest BCUT2D eigenvalue weighted by Crippen LogP contribution is 2.21. The topological polar surface area (TPSA) is 58.1 Å². The molecule has 0 saturated heterocycles. The van der Waals surface area contributed by atoms with Crippen LogP contribution in [0.4, 0.5) is 11.5 Å². The minimum Gasteiger partial charge on any atom is -0.349 e. The Morgan fingerprint density at radius 3 is 2.37 bits per heavy atom. The van der Waals surface area contributed by atoms with E-state index in [-0.39, 0.29) is 17.6 Å². The fourth-order valence-corrected chi connectivity index (χ4v) is 2.83. The lowest BCUT2D eigenvalue weighted by Crippen LogP contribution is -2.31. The summed E-state index contributed by atoms with van der Waals surface area (Å²) in [5, 5.41) is 3.23. The van der Waals surface area contributed by atoms with Crippen LogP contribution >= 0.6 is 11.6 Å². The summed E-state index contributed by atoms with van der Waals surface area (Å²) >= 11 is 6.08. The number of hydrogen-bond acceptors (Lipinski definition) is 4. The van der Waals surface area contributed by atoms with Crippen molar-refractivity contribution in [2.24, 2.45) is 0 Å². The van der Waals surface area contributed by atoms with Crippen molar-refractivity contribution >= 4 is 29.0 Å². The Balaban J connectivity index is 1.74. The second-order valence-corrected chi connectivity index (χ2v) is 6.81. The second kappa shape index (κ2) is 8.64. The first-order chi connectivity index (χ1) is 13.0. The van der Waals surface area contributed by atoms with Gasteiger partial charge in [-0.3, -0.25) is 4.79 Å². The lowest BCUT2D eigenvalue weighted by molar-refractivity contribution is 0.102. The van der Waals surface area contributed by atoms with Crippen LogP contribution in [-0.2, 0) is 6.54 Å². The SMILES string of the molecule is CC(C)N(Cc1ccccc1)c1cnc(C(=O)Nc2ccccc2Cl)cn1. The van der Waals surface area contributed by atoms with Crippen LogP contribution in [-0.4, -0.2) is 21.9 Å². The highest BCUT2D eigenvalue weighted by Gasteiger charge is 2.15. The molecule has 27 heavy (non-hydrogen) atoms. The van der Waals surface area contributed by atoms with Gasteiger partial charge in [0.2, 0.25) is 0 Å². The van der Waals surface area contributed by atoms with E-state index in [9.17, 15) is 4.79 Å². The molecule has 0 saturated carbocycles. The number of amides is 1. The molecule has 138 valence electrons. The maximum atomic E-state index is 12.4. The van der Waals surface area contributed by atoms with E-state index in [1.54, 1.807) is 30.5 Å². The summed E-state index contributed by atoms with van der Waals surface area (Å²) in [6.45, 7) is 4.92. The standard InChI is InChI=1S/C21H21ClN4O/c1-15(2)26(14-16-8-4-3-5-9-16)20-13-23-19(12-24-20)21(27)25-18-11-7-6-10-17(18)22/h3-13,15H,14H2,1-2H3,(H,25,27). The fourth-order valence-electron chi connectivity index (χ4n) is 2.64. The van der Waals surface area contributed by atoms with E-state index in [4.69, 9.17) is 11.6 Å². The lowest BCUT2D eigenvalue weighted by Gasteiger charge is -2.27. The summed E-state index contributed by atoms with van der Waals surface area (Å²) in [5.74, 6) is 0.379. The molecule has 5 nitrogen and oxygen atoms in total. The first kappa shape index (κ1) is 18.9. The number of benzene rings is 2. The Kier molecular flexibility index (Phi) is 6.04. The van der Waals surface area contributed by atoms with Gasteiger partial charge in [0.1, 0.15) is 11.5 Å². The van der Waals surface area contributed by atoms with E-state index in [0.717, 1.165) is 12.4 Å². The van der Waals surface area contributed by atoms with E-state index in [1.807, 2.05) is 18.2 Å². The fraction of sp³-hybridized carbons (Fsp3) is 0.190. The molecule has 1 amide bonds. The number of aromatic nitrogens is 2. The molecule has 3 aromatic rings. The van der Waals surface area contributed by atoms with Gasteiger partial charge in [-0.25, -0.2) is 9.97 Å². The smallest absolute Gasteiger partial charge is 0.275 e. The van der Waals surface area contributed by atoms with Crippen molar-refractivity contribution in [3.05, 3.63) is 83.3 Å². The average molecular weight is 381 g/mol. The van der Waals surface area contributed by atoms with E-state index < -0.39 is 0 Å². The van der Waals surface area contributed by atoms with Crippen molar-refractivity contribution < 1.29 is 4.79 Å². The van der Waals surface area contributed by atoms with Crippen molar-refractivity contribution in [1.29, 1.82) is 0 Å². The predicted molar refractivity (Wildman–Crippen MR) is 109 cm³/mol. The number of halogens is 1. The Morgan fingerprint density at radius 1 is 1.04 bits per heavy atom. The van der Waals surface area contributed by atoms with Gasteiger partial charge < -0.3 is 10.2 Å². The highest BCUT2D eigenvalue weighted by molar-refractivity contribution is 6.33. The molecule has 0 aliphatic carbocycles. The molecule has 0 aliphatic heterocycles. The molecule has 2 aromatic carbocycles. The van der Waals surface area contributed by atoms with E-state index in [2.05, 4.69) is 46.2 Å². The van der Waals surface area contributed by atoms with Crippen LogP contribution in [0.15, 0.2) is 67.0 Å². The van der Waals surface area contributed by atoms with Gasteiger partial charge in [0.05, 0.1) is 23.1 Å². The molecule has 0 atom stereocenters. The summed E-state index contributed by atoms with van der Waals surface area (Å²) in [7, 11) is 0. The second-order valence-electron chi connectivity index (χ2n) is 6.40. The first-order valence-corrected chi connectivity index (χ1v) is 9.11. The summed E-state index contributed by atoms with van der Waals surface area (Å²) in [4.78, 5) is 23.3. The number of nitrogens with zero attached hydrogens (tertiary/aromatic N) is 3. The van der Waals surface area contributed by atoms with Gasteiger partial charge in [-0.05, 0) is 31.5 Å². The molecule has 1 N–H and O–H groups in total. The molecule has 1 aromatic heterocycles. The first-order valence-electron chi connectivity index (χ1n) is 8.73. The Hall–Kier alpha value is -2.92. The normalized spacial score (nSPS) is 10.7. The molecule has 0 radical (unpaired) electrons. The predicted octanol–water partition coefficient (Wildman–Crippen LogP) is 4.80. The zero-order chi connectivity index (χ0) is 19.2. The summed E-state index contributed by atoms with van der Waals surface area (Å²) < 4.78 is 0. The third kappa shape index (κ3) is 4.83. The number of para-hydroxylation sites is 1. The quantitative estimate of drug-likeness (QED) is 0.667. The van der Waals surface area contributed by atoms with Crippen LogP contribution in [0, 0.1) is 0 Å². The third-order valence-electron chi connectivity index (χ3n) is 4.11. The molecule has 0 unspecified atom stereocenters. The zero-order valence-electron chi connectivity index (χ0n) is 15.3. The minimum absolute atomic E-state index is 0.238. The monoisotopic (exact) mass is 380 g/mol. The Morgan fingerprint density at radius 2 is 1.74 bits per heavy atom. The molecule has 1 heterocycles. The van der Waals surface area contributed by atoms with Gasteiger partial charge >= 0.3 is 0 Å². The maximum Gasteiger partial charge on any atom is 0.275 e. The Bertz CT molecular complexity index is 898. The van der Waals surface area contributed by atoms with Crippen LogP contribution in [0.3, 0.4) is 0 Å². The molecule has 6 heteroatoms. The highest BCUT2D eigenvalue weighted by atomic mass is 35.5. The number of nitrogens with one attached hydrogen (secondary N) is 1. The zero-order valence-corrected chi connectivity index (χ0v) is 16.0. The molecule has 3 rings (SSSR count). The Labute approximate surface area is 164 Å². The van der Waals surface area contributed by atoms with Crippen LogP contribution < -0.4 is 10.2 Å². The molecule has 0 spiro atoms. The summed E-state index contributed by atoms with van der Waals surface area (Å²) in [6, 6.07) is 17.5. The van der Waals surface area contributed by atoms with Gasteiger partial charge in [-0.1, -0.05) is 54.1 Å². The molecule has 0 fully saturated rings. The number of anilines is 2. The lowest BCUT2D eigenvalue weighted by atomic mass is 10.2. The van der Waals surface area contributed by atoms with Gasteiger partial charge in [0.15, 0.2) is 0 Å².